The maximum absolute atomic E-state index is 13.5. The first-order valence-electron chi connectivity index (χ1n) is 10.4. The molecule has 2 bridgehead atoms. The summed E-state index contributed by atoms with van der Waals surface area (Å²) in [7, 11) is 0. The smallest absolute Gasteiger partial charge is 0.288 e. The third kappa shape index (κ3) is 4.48. The zero-order valence-corrected chi connectivity index (χ0v) is 18.4. The number of likely N-dealkylation sites (tertiary alicyclic amines) is 1. The maximum atomic E-state index is 13.5. The number of hydrogen-bond acceptors (Lipinski definition) is 3. The number of nitrogens with one attached hydrogen (secondary N) is 1. The summed E-state index contributed by atoms with van der Waals surface area (Å²) < 4.78 is 25.1. The van der Waals surface area contributed by atoms with Crippen LogP contribution >= 0.6 is 11.8 Å². The number of anilines is 2. The number of amides is 1. The van der Waals surface area contributed by atoms with E-state index in [0.717, 1.165) is 37.2 Å². The number of hydrogen-bond donors (Lipinski definition) is 1. The molecule has 0 unspecified atom stereocenters. The average molecular weight is 431 g/mol. The van der Waals surface area contributed by atoms with Gasteiger partial charge >= 0.3 is 0 Å². The van der Waals surface area contributed by atoms with Crippen LogP contribution in [0.3, 0.4) is 0 Å². The molecule has 1 heterocycles. The van der Waals surface area contributed by atoms with Crippen LogP contribution in [0.2, 0.25) is 0 Å². The Hall–Kier alpha value is -2.08. The molecule has 2 aromatic rings. The van der Waals surface area contributed by atoms with E-state index in [9.17, 15) is 13.6 Å². The Labute approximate surface area is 181 Å². The van der Waals surface area contributed by atoms with Crippen LogP contribution in [0.4, 0.5) is 20.2 Å². The Morgan fingerprint density at radius 1 is 1.10 bits per heavy atom. The molecule has 1 saturated heterocycles. The molecule has 30 heavy (non-hydrogen) atoms. The molecule has 1 amide bonds. The van der Waals surface area contributed by atoms with E-state index in [4.69, 9.17) is 0 Å². The number of halogens is 2. The largest absolute Gasteiger partial charge is 0.355 e. The average Bonchev–Trinajstić information content (AvgIpc) is 2.91. The summed E-state index contributed by atoms with van der Waals surface area (Å²) in [5.74, 6) is -2.37. The maximum Gasteiger partial charge on any atom is 0.288 e. The van der Waals surface area contributed by atoms with Gasteiger partial charge in [0.2, 0.25) is 0 Å². The summed E-state index contributed by atoms with van der Waals surface area (Å²) in [5, 5.41) is 3.30. The SMILES string of the molecule is CC1(C)C[C@H]2C[C@](C)(CN2C(=O)c2ccccc2Nc2ccc(SC(F)F)cc2)C1. The molecule has 0 aromatic heterocycles. The van der Waals surface area contributed by atoms with Gasteiger partial charge in [-0.2, -0.15) is 8.78 Å². The summed E-state index contributed by atoms with van der Waals surface area (Å²) in [6, 6.07) is 14.7. The summed E-state index contributed by atoms with van der Waals surface area (Å²) in [5.41, 5.74) is 2.59. The van der Waals surface area contributed by atoms with Crippen molar-refractivity contribution in [1.29, 1.82) is 0 Å². The normalized spacial score (nSPS) is 24.9. The molecule has 2 aromatic carbocycles. The highest BCUT2D eigenvalue weighted by atomic mass is 32.2. The van der Waals surface area contributed by atoms with Crippen LogP contribution in [0.15, 0.2) is 53.4 Å². The summed E-state index contributed by atoms with van der Waals surface area (Å²) in [6.07, 6.45) is 3.25. The molecule has 1 aliphatic heterocycles. The molecular weight excluding hydrogens is 402 g/mol. The Morgan fingerprint density at radius 2 is 1.80 bits per heavy atom. The van der Waals surface area contributed by atoms with E-state index in [0.29, 0.717) is 22.2 Å². The highest BCUT2D eigenvalue weighted by Crippen LogP contribution is 2.52. The van der Waals surface area contributed by atoms with E-state index in [1.165, 1.54) is 0 Å². The standard InChI is InChI=1S/C24H28F2N2OS/c1-23(2)12-17-13-24(3,14-23)15-28(17)21(29)19-6-4-5-7-20(19)27-16-8-10-18(11-9-16)30-22(25)26/h4-11,17,22,27H,12-15H2,1-3H3/t17-,24-/m0/s1. The molecule has 2 fully saturated rings. The van der Waals surface area contributed by atoms with E-state index >= 15 is 0 Å². The number of fused-ring (bicyclic) bond motifs is 2. The lowest BCUT2D eigenvalue weighted by molar-refractivity contribution is 0.0709. The van der Waals surface area contributed by atoms with Gasteiger partial charge in [-0.1, -0.05) is 44.7 Å². The van der Waals surface area contributed by atoms with Crippen molar-refractivity contribution in [2.75, 3.05) is 11.9 Å². The molecular formula is C24H28F2N2OS. The van der Waals surface area contributed by atoms with Crippen molar-refractivity contribution < 1.29 is 13.6 Å². The lowest BCUT2D eigenvalue weighted by atomic mass is 9.65. The fourth-order valence-electron chi connectivity index (χ4n) is 5.51. The number of carbonyl (C=O) groups is 1. The number of thioether (sulfide) groups is 1. The lowest BCUT2D eigenvalue weighted by Gasteiger charge is -2.39. The molecule has 2 atom stereocenters. The first kappa shape index (κ1) is 21.2. The van der Waals surface area contributed by atoms with Gasteiger partial charge in [-0.25, -0.2) is 0 Å². The topological polar surface area (TPSA) is 32.3 Å². The first-order valence-corrected chi connectivity index (χ1v) is 11.2. The summed E-state index contributed by atoms with van der Waals surface area (Å²) >= 11 is 0.525. The second-order valence-corrected chi connectivity index (χ2v) is 10.8. The molecule has 1 saturated carbocycles. The van der Waals surface area contributed by atoms with Crippen LogP contribution in [0, 0.1) is 10.8 Å². The summed E-state index contributed by atoms with van der Waals surface area (Å²) in [4.78, 5) is 16.1. The molecule has 1 aliphatic carbocycles. The zero-order chi connectivity index (χ0) is 21.5. The second-order valence-electron chi connectivity index (χ2n) is 9.72. The summed E-state index contributed by atoms with van der Waals surface area (Å²) in [6.45, 7) is 7.71. The van der Waals surface area contributed by atoms with Crippen molar-refractivity contribution in [2.24, 2.45) is 10.8 Å². The van der Waals surface area contributed by atoms with Crippen LogP contribution in [-0.2, 0) is 0 Å². The number of para-hydroxylation sites is 1. The first-order chi connectivity index (χ1) is 14.1. The third-order valence-electron chi connectivity index (χ3n) is 6.19. The van der Waals surface area contributed by atoms with E-state index in [2.05, 4.69) is 31.0 Å². The van der Waals surface area contributed by atoms with Crippen molar-refractivity contribution in [3.05, 3.63) is 54.1 Å². The van der Waals surface area contributed by atoms with Crippen LogP contribution in [-0.4, -0.2) is 29.2 Å². The van der Waals surface area contributed by atoms with Crippen molar-refractivity contribution >= 4 is 29.0 Å². The number of carbonyl (C=O) groups excluding carboxylic acids is 1. The molecule has 1 N–H and O–H groups in total. The monoisotopic (exact) mass is 430 g/mol. The minimum Gasteiger partial charge on any atom is -0.355 e. The van der Waals surface area contributed by atoms with Gasteiger partial charge in [0.1, 0.15) is 0 Å². The number of nitrogens with zero attached hydrogens (tertiary/aromatic N) is 1. The highest BCUT2D eigenvalue weighted by Gasteiger charge is 2.51. The van der Waals surface area contributed by atoms with Gasteiger partial charge in [0.05, 0.1) is 11.3 Å². The number of alkyl halides is 2. The molecule has 2 aliphatic rings. The lowest BCUT2D eigenvalue weighted by Crippen LogP contribution is -2.37. The van der Waals surface area contributed by atoms with E-state index in [-0.39, 0.29) is 22.8 Å². The molecule has 160 valence electrons. The van der Waals surface area contributed by atoms with Gasteiger partial charge in [-0.05, 0) is 66.5 Å². The van der Waals surface area contributed by atoms with E-state index in [1.807, 2.05) is 24.3 Å². The third-order valence-corrected chi connectivity index (χ3v) is 6.91. The Balaban J connectivity index is 1.54. The molecule has 0 spiro atoms. The van der Waals surface area contributed by atoms with Crippen molar-refractivity contribution in [1.82, 2.24) is 4.90 Å². The second kappa shape index (κ2) is 7.88. The Morgan fingerprint density at radius 3 is 2.50 bits per heavy atom. The van der Waals surface area contributed by atoms with E-state index < -0.39 is 5.76 Å². The number of rotatable bonds is 5. The Kier molecular flexibility index (Phi) is 5.56. The van der Waals surface area contributed by atoms with Gasteiger partial charge in [0.15, 0.2) is 0 Å². The van der Waals surface area contributed by atoms with Gasteiger partial charge in [0.25, 0.3) is 11.7 Å². The molecule has 6 heteroatoms. The quantitative estimate of drug-likeness (QED) is 0.530. The predicted octanol–water partition coefficient (Wildman–Crippen LogP) is 6.79. The number of benzene rings is 2. The van der Waals surface area contributed by atoms with Gasteiger partial charge < -0.3 is 10.2 Å². The van der Waals surface area contributed by atoms with Gasteiger partial charge in [-0.15, -0.1) is 0 Å². The van der Waals surface area contributed by atoms with Crippen molar-refractivity contribution in [3.8, 4) is 0 Å². The van der Waals surface area contributed by atoms with E-state index in [1.54, 1.807) is 24.3 Å². The minimum atomic E-state index is -2.44. The van der Waals surface area contributed by atoms with Crippen molar-refractivity contribution in [2.45, 2.75) is 56.7 Å². The van der Waals surface area contributed by atoms with Gasteiger partial charge in [-0.3, -0.25) is 4.79 Å². The predicted molar refractivity (Wildman–Crippen MR) is 119 cm³/mol. The Bertz CT molecular complexity index is 931. The van der Waals surface area contributed by atoms with Crippen LogP contribution in [0.1, 0.15) is 50.4 Å². The molecule has 3 nitrogen and oxygen atoms in total. The van der Waals surface area contributed by atoms with Crippen LogP contribution in [0.5, 0.6) is 0 Å². The van der Waals surface area contributed by atoms with Crippen LogP contribution < -0.4 is 5.32 Å². The fourth-order valence-corrected chi connectivity index (χ4v) is 6.00. The zero-order valence-electron chi connectivity index (χ0n) is 17.6. The highest BCUT2D eigenvalue weighted by molar-refractivity contribution is 7.99. The molecule has 4 rings (SSSR count). The van der Waals surface area contributed by atoms with Gasteiger partial charge in [0, 0.05) is 23.2 Å². The molecule has 0 radical (unpaired) electrons. The fraction of sp³-hybridized carbons (Fsp3) is 0.458. The minimum absolute atomic E-state index is 0.0643. The van der Waals surface area contributed by atoms with Crippen molar-refractivity contribution in [3.63, 3.8) is 0 Å². The van der Waals surface area contributed by atoms with Crippen LogP contribution in [0.25, 0.3) is 0 Å².